The van der Waals surface area contributed by atoms with Crippen LogP contribution in [0.2, 0.25) is 5.02 Å². The van der Waals surface area contributed by atoms with E-state index in [1.807, 2.05) is 29.8 Å². The van der Waals surface area contributed by atoms with Crippen molar-refractivity contribution in [3.8, 4) is 12.1 Å². The van der Waals surface area contributed by atoms with E-state index in [2.05, 4.69) is 9.97 Å². The van der Waals surface area contributed by atoms with Crippen molar-refractivity contribution in [1.82, 2.24) is 19.1 Å². The van der Waals surface area contributed by atoms with Crippen molar-refractivity contribution in [2.24, 2.45) is 7.05 Å². The maximum absolute atomic E-state index is 9.14. The molecule has 2 aromatic heterocycles. The molecule has 0 fully saturated rings. The van der Waals surface area contributed by atoms with Crippen molar-refractivity contribution in [3.63, 3.8) is 0 Å². The van der Waals surface area contributed by atoms with Crippen LogP contribution in [0.5, 0.6) is 0 Å². The molecular weight excluding hydrogens is 288 g/mol. The third kappa shape index (κ3) is 2.12. The SMILES string of the molecule is Cn1c(Cn2cnc(C#N)c2C#N)nc2cc(Cl)ccc21. The molecule has 0 N–H and O–H groups in total. The molecule has 21 heavy (non-hydrogen) atoms. The van der Waals surface area contributed by atoms with Crippen LogP contribution in [0.4, 0.5) is 0 Å². The molecule has 0 aliphatic rings. The molecule has 0 radical (unpaired) electrons. The Labute approximate surface area is 125 Å². The van der Waals surface area contributed by atoms with Gasteiger partial charge < -0.3 is 9.13 Å². The lowest BCUT2D eigenvalue weighted by molar-refractivity contribution is 0.701. The number of aromatic nitrogens is 4. The molecule has 3 rings (SSSR count). The van der Waals surface area contributed by atoms with Crippen LogP contribution in [0.3, 0.4) is 0 Å². The molecule has 0 unspecified atom stereocenters. The molecule has 0 bridgehead atoms. The summed E-state index contributed by atoms with van der Waals surface area (Å²) >= 11 is 5.97. The van der Waals surface area contributed by atoms with Gasteiger partial charge in [-0.3, -0.25) is 0 Å². The second-order valence-corrected chi connectivity index (χ2v) is 4.95. The van der Waals surface area contributed by atoms with Crippen LogP contribution in [0.1, 0.15) is 17.2 Å². The van der Waals surface area contributed by atoms with Gasteiger partial charge in [0.25, 0.3) is 0 Å². The van der Waals surface area contributed by atoms with E-state index in [1.54, 1.807) is 16.7 Å². The number of rotatable bonds is 2. The van der Waals surface area contributed by atoms with Crippen LogP contribution in [0, 0.1) is 22.7 Å². The standard InChI is InChI=1S/C14H9ClN6/c1-20-12-3-2-9(15)4-10(12)19-14(20)7-21-8-18-11(5-16)13(21)6-17/h2-4,8H,7H2,1H3. The number of nitriles is 2. The average molecular weight is 297 g/mol. The summed E-state index contributed by atoms with van der Waals surface area (Å²) in [5.74, 6) is 0.755. The van der Waals surface area contributed by atoms with E-state index in [0.29, 0.717) is 11.6 Å². The van der Waals surface area contributed by atoms with Gasteiger partial charge in [-0.1, -0.05) is 11.6 Å². The number of imidazole rings is 2. The van der Waals surface area contributed by atoms with Gasteiger partial charge in [0, 0.05) is 12.1 Å². The van der Waals surface area contributed by atoms with E-state index < -0.39 is 0 Å². The van der Waals surface area contributed by atoms with Gasteiger partial charge in [0.15, 0.2) is 11.4 Å². The number of hydrogen-bond donors (Lipinski definition) is 0. The van der Waals surface area contributed by atoms with Crippen LogP contribution < -0.4 is 0 Å². The van der Waals surface area contributed by atoms with Crippen molar-refractivity contribution < 1.29 is 0 Å². The van der Waals surface area contributed by atoms with Crippen molar-refractivity contribution >= 4 is 22.6 Å². The number of benzene rings is 1. The first-order chi connectivity index (χ1) is 10.1. The minimum absolute atomic E-state index is 0.124. The maximum atomic E-state index is 9.14. The fourth-order valence-electron chi connectivity index (χ4n) is 2.22. The normalized spacial score (nSPS) is 10.5. The van der Waals surface area contributed by atoms with E-state index in [0.717, 1.165) is 16.9 Å². The summed E-state index contributed by atoms with van der Waals surface area (Å²) in [4.78, 5) is 8.44. The van der Waals surface area contributed by atoms with Gasteiger partial charge in [-0.05, 0) is 18.2 Å². The molecule has 1 aromatic carbocycles. The van der Waals surface area contributed by atoms with Crippen molar-refractivity contribution in [2.75, 3.05) is 0 Å². The van der Waals surface area contributed by atoms with Gasteiger partial charge in [-0.25, -0.2) is 9.97 Å². The van der Waals surface area contributed by atoms with E-state index in [-0.39, 0.29) is 11.4 Å². The zero-order chi connectivity index (χ0) is 15.0. The molecule has 0 spiro atoms. The number of hydrogen-bond acceptors (Lipinski definition) is 4. The number of aryl methyl sites for hydroxylation is 1. The van der Waals surface area contributed by atoms with Crippen LogP contribution in [-0.2, 0) is 13.6 Å². The minimum atomic E-state index is 0.124. The lowest BCUT2D eigenvalue weighted by Gasteiger charge is -2.04. The quantitative estimate of drug-likeness (QED) is 0.726. The zero-order valence-corrected chi connectivity index (χ0v) is 11.8. The summed E-state index contributed by atoms with van der Waals surface area (Å²) in [6, 6.07) is 9.40. The van der Waals surface area contributed by atoms with Crippen molar-refractivity contribution in [1.29, 1.82) is 10.5 Å². The first kappa shape index (κ1) is 13.2. The van der Waals surface area contributed by atoms with Crippen molar-refractivity contribution in [2.45, 2.75) is 6.54 Å². The highest BCUT2D eigenvalue weighted by atomic mass is 35.5. The topological polar surface area (TPSA) is 83.2 Å². The largest absolute Gasteiger partial charge is 0.330 e. The van der Waals surface area contributed by atoms with Gasteiger partial charge >= 0.3 is 0 Å². The highest BCUT2D eigenvalue weighted by Gasteiger charge is 2.14. The Morgan fingerprint density at radius 3 is 2.81 bits per heavy atom. The highest BCUT2D eigenvalue weighted by molar-refractivity contribution is 6.31. The molecule has 102 valence electrons. The third-order valence-corrected chi connectivity index (χ3v) is 3.53. The van der Waals surface area contributed by atoms with Gasteiger partial charge in [0.05, 0.1) is 23.9 Å². The van der Waals surface area contributed by atoms with Gasteiger partial charge in [0.2, 0.25) is 0 Å². The molecule has 0 aliphatic heterocycles. The van der Waals surface area contributed by atoms with E-state index >= 15 is 0 Å². The molecular formula is C14H9ClN6. The second-order valence-electron chi connectivity index (χ2n) is 4.51. The number of fused-ring (bicyclic) bond motifs is 1. The van der Waals surface area contributed by atoms with E-state index in [1.165, 1.54) is 6.33 Å². The fraction of sp³-hybridized carbons (Fsp3) is 0.143. The predicted octanol–water partition coefficient (Wildman–Crippen LogP) is 2.21. The van der Waals surface area contributed by atoms with Crippen LogP contribution in [-0.4, -0.2) is 19.1 Å². The lowest BCUT2D eigenvalue weighted by Crippen LogP contribution is -2.07. The fourth-order valence-corrected chi connectivity index (χ4v) is 2.38. The molecule has 7 heteroatoms. The molecule has 0 saturated carbocycles. The molecule has 0 amide bonds. The predicted molar refractivity (Wildman–Crippen MR) is 76.5 cm³/mol. The Morgan fingerprint density at radius 1 is 1.29 bits per heavy atom. The van der Waals surface area contributed by atoms with E-state index in [4.69, 9.17) is 22.1 Å². The maximum Gasteiger partial charge on any atom is 0.176 e. The summed E-state index contributed by atoms with van der Waals surface area (Å²) < 4.78 is 3.54. The number of halogens is 1. The van der Waals surface area contributed by atoms with Gasteiger partial charge in [0.1, 0.15) is 18.0 Å². The minimum Gasteiger partial charge on any atom is -0.330 e. The molecule has 0 saturated heterocycles. The summed E-state index contributed by atoms with van der Waals surface area (Å²) in [5.41, 5.74) is 2.11. The summed E-state index contributed by atoms with van der Waals surface area (Å²) in [6.07, 6.45) is 1.48. The zero-order valence-electron chi connectivity index (χ0n) is 11.1. The van der Waals surface area contributed by atoms with Crippen LogP contribution in [0.15, 0.2) is 24.5 Å². The lowest BCUT2D eigenvalue weighted by atomic mass is 10.3. The molecule has 0 aliphatic carbocycles. The Balaban J connectivity index is 2.07. The Morgan fingerprint density at radius 2 is 2.10 bits per heavy atom. The monoisotopic (exact) mass is 296 g/mol. The van der Waals surface area contributed by atoms with Crippen molar-refractivity contribution in [3.05, 3.63) is 46.8 Å². The highest BCUT2D eigenvalue weighted by Crippen LogP contribution is 2.20. The summed E-state index contributed by atoms with van der Waals surface area (Å²) in [7, 11) is 1.90. The van der Waals surface area contributed by atoms with Gasteiger partial charge in [-0.2, -0.15) is 10.5 Å². The first-order valence-corrected chi connectivity index (χ1v) is 6.48. The second kappa shape index (κ2) is 4.93. The Bertz CT molecular complexity index is 921. The van der Waals surface area contributed by atoms with Gasteiger partial charge in [-0.15, -0.1) is 0 Å². The number of nitrogens with zero attached hydrogens (tertiary/aromatic N) is 6. The smallest absolute Gasteiger partial charge is 0.176 e. The molecule has 2 heterocycles. The average Bonchev–Trinajstić information content (AvgIpc) is 3.00. The summed E-state index contributed by atoms with van der Waals surface area (Å²) in [5, 5.41) is 18.7. The van der Waals surface area contributed by atoms with Crippen LogP contribution in [0.25, 0.3) is 11.0 Å². The third-order valence-electron chi connectivity index (χ3n) is 3.30. The Hall–Kier alpha value is -2.83. The molecule has 3 aromatic rings. The molecule has 6 nitrogen and oxygen atoms in total. The Kier molecular flexibility index (Phi) is 3.09. The first-order valence-electron chi connectivity index (χ1n) is 6.10. The summed E-state index contributed by atoms with van der Waals surface area (Å²) in [6.45, 7) is 0.361. The molecule has 0 atom stereocenters. The van der Waals surface area contributed by atoms with Crippen LogP contribution >= 0.6 is 11.6 Å². The van der Waals surface area contributed by atoms with E-state index in [9.17, 15) is 0 Å².